The maximum Gasteiger partial charge on any atom is 0.303 e. The highest BCUT2D eigenvalue weighted by molar-refractivity contribution is 5.66. The van der Waals surface area contributed by atoms with E-state index in [0.29, 0.717) is 18.4 Å². The molecule has 0 radical (unpaired) electrons. The van der Waals surface area contributed by atoms with E-state index in [1.54, 1.807) is 0 Å². The second kappa shape index (κ2) is 10.8. The summed E-state index contributed by atoms with van der Waals surface area (Å²) in [6.45, 7) is 2.17. The Labute approximate surface area is 152 Å². The Kier molecular flexibility index (Phi) is 8.70. The number of carbonyl (C=O) groups is 1. The largest absolute Gasteiger partial charge is 0.481 e. The molecule has 0 amide bonds. The van der Waals surface area contributed by atoms with Crippen LogP contribution in [0.5, 0.6) is 0 Å². The maximum absolute atomic E-state index is 10.5. The number of aliphatic hydroxyl groups excluding tert-OH is 1. The third-order valence-corrected chi connectivity index (χ3v) is 5.47. The van der Waals surface area contributed by atoms with Gasteiger partial charge in [0.25, 0.3) is 0 Å². The summed E-state index contributed by atoms with van der Waals surface area (Å²) < 4.78 is 6.14. The Bertz CT molecular complexity index is 451. The number of allylic oxidation sites excluding steroid dienone is 2. The molecule has 4 heteroatoms. The van der Waals surface area contributed by atoms with Crippen molar-refractivity contribution in [3.8, 4) is 0 Å². The number of fused-ring (bicyclic) bond motifs is 2. The van der Waals surface area contributed by atoms with E-state index < -0.39 is 5.97 Å². The van der Waals surface area contributed by atoms with Crippen LogP contribution in [0.1, 0.15) is 71.1 Å². The van der Waals surface area contributed by atoms with E-state index >= 15 is 0 Å². The molecular formula is C21H34O4. The third-order valence-electron chi connectivity index (χ3n) is 5.47. The van der Waals surface area contributed by atoms with Crippen LogP contribution in [-0.4, -0.2) is 34.5 Å². The molecule has 25 heavy (non-hydrogen) atoms. The van der Waals surface area contributed by atoms with Crippen molar-refractivity contribution in [2.24, 2.45) is 11.8 Å². The van der Waals surface area contributed by atoms with Crippen molar-refractivity contribution in [3.63, 3.8) is 0 Å². The molecule has 142 valence electrons. The number of aliphatic carboxylic acids is 1. The van der Waals surface area contributed by atoms with Crippen molar-refractivity contribution in [1.82, 2.24) is 0 Å². The molecule has 2 heterocycles. The fraction of sp³-hybridized carbons (Fsp3) is 0.762. The van der Waals surface area contributed by atoms with Crippen molar-refractivity contribution in [2.75, 3.05) is 0 Å². The van der Waals surface area contributed by atoms with Crippen molar-refractivity contribution in [1.29, 1.82) is 0 Å². The van der Waals surface area contributed by atoms with Crippen LogP contribution in [0.25, 0.3) is 0 Å². The lowest BCUT2D eigenvalue weighted by Crippen LogP contribution is -2.49. The summed E-state index contributed by atoms with van der Waals surface area (Å²) >= 11 is 0. The SMILES string of the molecule is CCCCC[C@H](O)/C=C/C1OC2CC(C2)[C@@H]1C/C=C\CCCC(=O)O. The minimum atomic E-state index is -0.725. The van der Waals surface area contributed by atoms with E-state index in [1.807, 2.05) is 6.08 Å². The molecule has 3 atom stereocenters. The highest BCUT2D eigenvalue weighted by Gasteiger charge is 2.45. The van der Waals surface area contributed by atoms with E-state index in [9.17, 15) is 9.90 Å². The maximum atomic E-state index is 10.5. The fourth-order valence-electron chi connectivity index (χ4n) is 3.85. The normalized spacial score (nSPS) is 29.8. The smallest absolute Gasteiger partial charge is 0.303 e. The van der Waals surface area contributed by atoms with E-state index in [0.717, 1.165) is 31.6 Å². The van der Waals surface area contributed by atoms with Gasteiger partial charge in [0.2, 0.25) is 0 Å². The van der Waals surface area contributed by atoms with E-state index in [2.05, 4.69) is 25.2 Å². The first-order chi connectivity index (χ1) is 12.1. The van der Waals surface area contributed by atoms with Crippen LogP contribution in [0, 0.1) is 11.8 Å². The molecule has 0 aromatic rings. The van der Waals surface area contributed by atoms with Crippen LogP contribution >= 0.6 is 0 Å². The Balaban J connectivity index is 1.76. The molecule has 3 rings (SSSR count). The van der Waals surface area contributed by atoms with Gasteiger partial charge in [-0.1, -0.05) is 50.5 Å². The zero-order valence-corrected chi connectivity index (χ0v) is 15.5. The lowest BCUT2D eigenvalue weighted by atomic mass is 9.67. The van der Waals surface area contributed by atoms with Gasteiger partial charge in [-0.25, -0.2) is 0 Å². The number of aliphatic hydroxyl groups is 1. The number of rotatable bonds is 12. The summed E-state index contributed by atoms with van der Waals surface area (Å²) in [4.78, 5) is 10.5. The standard InChI is InChI=1S/C21H34O4/c1-2-3-6-9-17(22)12-13-20-19(16-14-18(15-16)25-20)10-7-4-5-8-11-21(23)24/h4,7,12-13,16-20,22H,2-3,5-6,8-11,14-15H2,1H3,(H,23,24)/b7-4-,13-12+/t16?,17-,18?,19-,20?/m0/s1. The molecule has 0 spiro atoms. The van der Waals surface area contributed by atoms with Gasteiger partial charge in [-0.2, -0.15) is 0 Å². The Morgan fingerprint density at radius 2 is 2.04 bits per heavy atom. The molecule has 1 saturated carbocycles. The average molecular weight is 350 g/mol. The zero-order valence-electron chi connectivity index (χ0n) is 15.5. The minimum absolute atomic E-state index is 0.113. The second-order valence-corrected chi connectivity index (χ2v) is 7.56. The predicted octanol–water partition coefficient (Wildman–Crippen LogP) is 4.48. The van der Waals surface area contributed by atoms with Gasteiger partial charge in [0.15, 0.2) is 0 Å². The summed E-state index contributed by atoms with van der Waals surface area (Å²) in [6, 6.07) is 0. The lowest BCUT2D eigenvalue weighted by Gasteiger charge is -2.50. The first kappa shape index (κ1) is 20.2. The van der Waals surface area contributed by atoms with Crippen LogP contribution < -0.4 is 0 Å². The minimum Gasteiger partial charge on any atom is -0.481 e. The van der Waals surface area contributed by atoms with Gasteiger partial charge in [-0.05, 0) is 50.4 Å². The number of unbranched alkanes of at least 4 members (excludes halogenated alkanes) is 3. The Morgan fingerprint density at radius 1 is 1.24 bits per heavy atom. The van der Waals surface area contributed by atoms with Gasteiger partial charge in [-0.3, -0.25) is 4.79 Å². The predicted molar refractivity (Wildman–Crippen MR) is 99.4 cm³/mol. The number of hydrogen-bond donors (Lipinski definition) is 2. The summed E-state index contributed by atoms with van der Waals surface area (Å²) in [5.74, 6) is 0.492. The highest BCUT2D eigenvalue weighted by Crippen LogP contribution is 2.46. The molecule has 4 nitrogen and oxygen atoms in total. The first-order valence-corrected chi connectivity index (χ1v) is 9.98. The van der Waals surface area contributed by atoms with Gasteiger partial charge in [-0.15, -0.1) is 0 Å². The fourth-order valence-corrected chi connectivity index (χ4v) is 3.85. The van der Waals surface area contributed by atoms with Crippen molar-refractivity contribution in [3.05, 3.63) is 24.3 Å². The molecule has 2 aliphatic heterocycles. The Hall–Kier alpha value is -1.13. The second-order valence-electron chi connectivity index (χ2n) is 7.56. The zero-order chi connectivity index (χ0) is 18.1. The average Bonchev–Trinajstić information content (AvgIpc) is 2.55. The molecule has 1 unspecified atom stereocenters. The van der Waals surface area contributed by atoms with Gasteiger partial charge in [0.05, 0.1) is 18.3 Å². The summed E-state index contributed by atoms with van der Waals surface area (Å²) in [6.07, 6.45) is 17.8. The summed E-state index contributed by atoms with van der Waals surface area (Å²) in [5, 5.41) is 18.7. The molecule has 3 fully saturated rings. The van der Waals surface area contributed by atoms with Crippen LogP contribution in [-0.2, 0) is 9.53 Å². The van der Waals surface area contributed by atoms with Crippen LogP contribution in [0.3, 0.4) is 0 Å². The van der Waals surface area contributed by atoms with E-state index in [1.165, 1.54) is 25.7 Å². The first-order valence-electron chi connectivity index (χ1n) is 9.98. The number of ether oxygens (including phenoxy) is 1. The Morgan fingerprint density at radius 3 is 2.76 bits per heavy atom. The molecule has 1 aliphatic carbocycles. The molecule has 2 bridgehead atoms. The van der Waals surface area contributed by atoms with Crippen LogP contribution in [0.2, 0.25) is 0 Å². The van der Waals surface area contributed by atoms with E-state index in [-0.39, 0.29) is 18.6 Å². The number of hydrogen-bond acceptors (Lipinski definition) is 3. The van der Waals surface area contributed by atoms with Gasteiger partial charge in [0.1, 0.15) is 0 Å². The molecule has 0 aromatic heterocycles. The van der Waals surface area contributed by atoms with Crippen LogP contribution in [0.4, 0.5) is 0 Å². The monoisotopic (exact) mass is 350 g/mol. The molecule has 2 saturated heterocycles. The topological polar surface area (TPSA) is 66.8 Å². The molecule has 3 aliphatic rings. The third kappa shape index (κ3) is 6.95. The number of carboxylic acid groups (broad SMARTS) is 1. The van der Waals surface area contributed by atoms with Gasteiger partial charge >= 0.3 is 5.97 Å². The van der Waals surface area contributed by atoms with Crippen molar-refractivity contribution in [2.45, 2.75) is 89.4 Å². The van der Waals surface area contributed by atoms with Crippen molar-refractivity contribution >= 4 is 5.97 Å². The lowest BCUT2D eigenvalue weighted by molar-refractivity contribution is -0.159. The summed E-state index contributed by atoms with van der Waals surface area (Å²) in [5.41, 5.74) is 0. The highest BCUT2D eigenvalue weighted by atomic mass is 16.5. The van der Waals surface area contributed by atoms with E-state index in [4.69, 9.17) is 9.84 Å². The number of carboxylic acids is 1. The molecular weight excluding hydrogens is 316 g/mol. The van der Waals surface area contributed by atoms with Gasteiger partial charge < -0.3 is 14.9 Å². The van der Waals surface area contributed by atoms with Crippen molar-refractivity contribution < 1.29 is 19.7 Å². The summed E-state index contributed by atoms with van der Waals surface area (Å²) in [7, 11) is 0. The van der Waals surface area contributed by atoms with Crippen LogP contribution in [0.15, 0.2) is 24.3 Å². The molecule has 2 N–H and O–H groups in total. The molecule has 0 aromatic carbocycles. The quantitative estimate of drug-likeness (QED) is 0.402. The van der Waals surface area contributed by atoms with Gasteiger partial charge in [0, 0.05) is 6.42 Å².